The lowest BCUT2D eigenvalue weighted by Crippen LogP contribution is -2.53. The van der Waals surface area contributed by atoms with Gasteiger partial charge in [-0.1, -0.05) is 0 Å². The summed E-state index contributed by atoms with van der Waals surface area (Å²) in [5, 5.41) is 2.97. The van der Waals surface area contributed by atoms with Gasteiger partial charge in [0, 0.05) is 18.4 Å². The molecule has 0 spiro atoms. The summed E-state index contributed by atoms with van der Waals surface area (Å²) < 4.78 is 5.29. The molecule has 0 bridgehead atoms. The zero-order chi connectivity index (χ0) is 16.6. The Hall–Kier alpha value is -1.54. The van der Waals surface area contributed by atoms with Crippen LogP contribution in [-0.2, 0) is 14.3 Å². The average Bonchev–Trinajstić information content (AvgIpc) is 2.91. The predicted molar refractivity (Wildman–Crippen MR) is 86.1 cm³/mol. The van der Waals surface area contributed by atoms with Gasteiger partial charge in [-0.15, -0.1) is 12.3 Å². The van der Waals surface area contributed by atoms with Crippen molar-refractivity contribution in [2.45, 2.75) is 64.5 Å². The number of likely N-dealkylation sites (tertiary alicyclic amines) is 1. The van der Waals surface area contributed by atoms with Crippen LogP contribution in [0.4, 0.5) is 0 Å². The zero-order valence-corrected chi connectivity index (χ0v) is 14.0. The molecule has 1 saturated heterocycles. The predicted octanol–water partition coefficient (Wildman–Crippen LogP) is 1.71. The van der Waals surface area contributed by atoms with Crippen LogP contribution in [-0.4, -0.2) is 48.1 Å². The van der Waals surface area contributed by atoms with Crippen LogP contribution in [0.15, 0.2) is 0 Å². The van der Waals surface area contributed by atoms with E-state index in [2.05, 4.69) is 16.1 Å². The van der Waals surface area contributed by atoms with E-state index in [1.807, 2.05) is 20.8 Å². The first-order valence-corrected chi connectivity index (χ1v) is 7.98. The topological polar surface area (TPSA) is 58.6 Å². The molecule has 0 aliphatic carbocycles. The molecule has 0 saturated carbocycles. The Morgan fingerprint density at radius 1 is 1.32 bits per heavy atom. The fourth-order valence-corrected chi connectivity index (χ4v) is 2.43. The van der Waals surface area contributed by atoms with Gasteiger partial charge in [0.1, 0.15) is 12.6 Å². The van der Waals surface area contributed by atoms with Gasteiger partial charge in [0.15, 0.2) is 0 Å². The second-order valence-electron chi connectivity index (χ2n) is 6.74. The number of esters is 1. The molecule has 1 fully saturated rings. The minimum absolute atomic E-state index is 0.0779. The first-order valence-electron chi connectivity index (χ1n) is 7.98. The highest BCUT2D eigenvalue weighted by Crippen LogP contribution is 2.14. The molecule has 1 heterocycles. The van der Waals surface area contributed by atoms with E-state index in [0.717, 1.165) is 25.9 Å². The molecule has 0 aromatic rings. The molecule has 22 heavy (non-hydrogen) atoms. The number of carbonyl (C=O) groups is 2. The van der Waals surface area contributed by atoms with Gasteiger partial charge in [0.25, 0.3) is 0 Å². The second kappa shape index (κ2) is 8.79. The zero-order valence-electron chi connectivity index (χ0n) is 14.0. The van der Waals surface area contributed by atoms with Crippen molar-refractivity contribution in [2.75, 3.05) is 19.7 Å². The van der Waals surface area contributed by atoms with Gasteiger partial charge < -0.3 is 10.1 Å². The van der Waals surface area contributed by atoms with E-state index in [-0.39, 0.29) is 24.0 Å². The van der Waals surface area contributed by atoms with E-state index in [9.17, 15) is 9.59 Å². The van der Waals surface area contributed by atoms with Crippen LogP contribution in [0, 0.1) is 12.3 Å². The number of rotatable bonds is 7. The van der Waals surface area contributed by atoms with Gasteiger partial charge in [-0.25, -0.2) is 0 Å². The fraction of sp³-hybridized carbons (Fsp3) is 0.765. The number of hydrogen-bond donors (Lipinski definition) is 1. The molecule has 1 N–H and O–H groups in total. The van der Waals surface area contributed by atoms with Crippen molar-refractivity contribution < 1.29 is 14.3 Å². The van der Waals surface area contributed by atoms with Crippen molar-refractivity contribution in [1.29, 1.82) is 0 Å². The molecule has 124 valence electrons. The summed E-state index contributed by atoms with van der Waals surface area (Å²) in [6, 6.07) is -0.404. The molecular weight excluding hydrogens is 280 g/mol. The third-order valence-corrected chi connectivity index (χ3v) is 3.49. The number of unbranched alkanes of at least 4 members (excludes halogenated alkanes) is 1. The molecule has 0 radical (unpaired) electrons. The van der Waals surface area contributed by atoms with E-state index in [0.29, 0.717) is 19.3 Å². The van der Waals surface area contributed by atoms with Crippen molar-refractivity contribution in [3.05, 3.63) is 0 Å². The summed E-state index contributed by atoms with van der Waals surface area (Å²) in [7, 11) is 0. The van der Waals surface area contributed by atoms with E-state index in [4.69, 9.17) is 11.2 Å². The van der Waals surface area contributed by atoms with Crippen LogP contribution in [0.25, 0.3) is 0 Å². The van der Waals surface area contributed by atoms with E-state index < -0.39 is 6.04 Å². The standard InChI is InChI=1S/C17H28N2O3/c1-5-6-7-10-15(20)22-13-14(19-11-8-9-12-19)16(21)18-17(2,3)4/h1,14H,6-13H2,2-4H3,(H,18,21). The van der Waals surface area contributed by atoms with Gasteiger partial charge >= 0.3 is 5.97 Å². The first kappa shape index (κ1) is 18.5. The second-order valence-corrected chi connectivity index (χ2v) is 6.74. The van der Waals surface area contributed by atoms with E-state index >= 15 is 0 Å². The molecule has 1 aliphatic rings. The number of carbonyl (C=O) groups excluding carboxylic acids is 2. The molecule has 5 heteroatoms. The number of nitrogens with one attached hydrogen (secondary N) is 1. The molecule has 1 atom stereocenters. The summed E-state index contributed by atoms with van der Waals surface area (Å²) in [5.41, 5.74) is -0.300. The highest BCUT2D eigenvalue weighted by atomic mass is 16.5. The molecule has 1 amide bonds. The molecule has 1 aliphatic heterocycles. The number of amides is 1. The third-order valence-electron chi connectivity index (χ3n) is 3.49. The summed E-state index contributed by atoms with van der Waals surface area (Å²) in [6.07, 6.45) is 8.80. The first-order chi connectivity index (χ1) is 10.3. The number of terminal acetylenes is 1. The normalized spacial score (nSPS) is 16.8. The largest absolute Gasteiger partial charge is 0.463 e. The minimum Gasteiger partial charge on any atom is -0.463 e. The fourth-order valence-electron chi connectivity index (χ4n) is 2.43. The Labute approximate surface area is 133 Å². The van der Waals surface area contributed by atoms with Crippen molar-refractivity contribution in [2.24, 2.45) is 0 Å². The van der Waals surface area contributed by atoms with E-state index in [1.165, 1.54) is 0 Å². The van der Waals surface area contributed by atoms with E-state index in [1.54, 1.807) is 0 Å². The summed E-state index contributed by atoms with van der Waals surface area (Å²) >= 11 is 0. The molecule has 0 aromatic carbocycles. The van der Waals surface area contributed by atoms with Crippen LogP contribution in [0.3, 0.4) is 0 Å². The minimum atomic E-state index is -0.404. The maximum Gasteiger partial charge on any atom is 0.305 e. The van der Waals surface area contributed by atoms with Crippen molar-refractivity contribution >= 4 is 11.9 Å². The molecule has 0 aromatic heterocycles. The number of hydrogen-bond acceptors (Lipinski definition) is 4. The lowest BCUT2D eigenvalue weighted by atomic mass is 10.1. The average molecular weight is 308 g/mol. The number of ether oxygens (including phenoxy) is 1. The molecule has 5 nitrogen and oxygen atoms in total. The quantitative estimate of drug-likeness (QED) is 0.442. The highest BCUT2D eigenvalue weighted by Gasteiger charge is 2.31. The summed E-state index contributed by atoms with van der Waals surface area (Å²) in [6.45, 7) is 7.68. The van der Waals surface area contributed by atoms with Gasteiger partial charge in [-0.2, -0.15) is 0 Å². The van der Waals surface area contributed by atoms with Gasteiger partial charge in [-0.3, -0.25) is 14.5 Å². The Kier molecular flexibility index (Phi) is 7.40. The van der Waals surface area contributed by atoms with Gasteiger partial charge in [0.2, 0.25) is 5.91 Å². The van der Waals surface area contributed by atoms with Crippen LogP contribution < -0.4 is 5.32 Å². The Balaban J connectivity index is 2.53. The van der Waals surface area contributed by atoms with Crippen molar-refractivity contribution in [3.63, 3.8) is 0 Å². The number of nitrogens with zero attached hydrogens (tertiary/aromatic N) is 1. The van der Waals surface area contributed by atoms with Gasteiger partial charge in [0.05, 0.1) is 0 Å². The Morgan fingerprint density at radius 3 is 2.50 bits per heavy atom. The SMILES string of the molecule is C#CCCCC(=O)OCC(C(=O)NC(C)(C)C)N1CCCC1. The maximum absolute atomic E-state index is 12.4. The van der Waals surface area contributed by atoms with Crippen LogP contribution >= 0.6 is 0 Å². The van der Waals surface area contributed by atoms with Crippen LogP contribution in [0.2, 0.25) is 0 Å². The smallest absolute Gasteiger partial charge is 0.305 e. The summed E-state index contributed by atoms with van der Waals surface area (Å²) in [5.74, 6) is 2.13. The monoisotopic (exact) mass is 308 g/mol. The molecule has 1 rings (SSSR count). The van der Waals surface area contributed by atoms with Crippen molar-refractivity contribution in [3.8, 4) is 12.3 Å². The summed E-state index contributed by atoms with van der Waals surface area (Å²) in [4.78, 5) is 26.2. The molecule has 1 unspecified atom stereocenters. The third kappa shape index (κ3) is 6.95. The lowest BCUT2D eigenvalue weighted by molar-refractivity contribution is -0.147. The Morgan fingerprint density at radius 2 is 1.95 bits per heavy atom. The Bertz CT molecular complexity index is 415. The highest BCUT2D eigenvalue weighted by molar-refractivity contribution is 5.83. The van der Waals surface area contributed by atoms with Crippen molar-refractivity contribution in [1.82, 2.24) is 10.2 Å². The lowest BCUT2D eigenvalue weighted by Gasteiger charge is -2.30. The maximum atomic E-state index is 12.4. The van der Waals surface area contributed by atoms with Crippen LogP contribution in [0.1, 0.15) is 52.9 Å². The van der Waals surface area contributed by atoms with Gasteiger partial charge in [-0.05, 0) is 53.1 Å². The molecular formula is C17H28N2O3. The van der Waals surface area contributed by atoms with Crippen LogP contribution in [0.5, 0.6) is 0 Å².